The standard InChI is InChI=1S/C22H24ClFN4O2/c1-25-13-3-6-15(7-4-13)30-20-11-16(29-2)10-19-21(20)22(27-12-26-19)28-14-5-8-18(24)17(23)9-14/h5,8-13,15,25H,3-4,6-7H2,1-2H3,(H,26,27,28)/t13-,15-. The monoisotopic (exact) mass is 430 g/mol. The van der Waals surface area contributed by atoms with Crippen molar-refractivity contribution >= 4 is 34.0 Å². The second-order valence-electron chi connectivity index (χ2n) is 7.38. The highest BCUT2D eigenvalue weighted by Crippen LogP contribution is 2.37. The summed E-state index contributed by atoms with van der Waals surface area (Å²) >= 11 is 5.93. The molecule has 1 fully saturated rings. The molecular weight excluding hydrogens is 407 g/mol. The van der Waals surface area contributed by atoms with Gasteiger partial charge in [0.2, 0.25) is 0 Å². The summed E-state index contributed by atoms with van der Waals surface area (Å²) in [6.45, 7) is 0. The molecule has 0 aliphatic heterocycles. The van der Waals surface area contributed by atoms with E-state index in [1.54, 1.807) is 13.2 Å². The maximum Gasteiger partial charge on any atom is 0.145 e. The Morgan fingerprint density at radius 1 is 1.10 bits per heavy atom. The summed E-state index contributed by atoms with van der Waals surface area (Å²) in [6.07, 6.45) is 5.65. The first-order valence-electron chi connectivity index (χ1n) is 9.96. The van der Waals surface area contributed by atoms with Gasteiger partial charge in [0.15, 0.2) is 0 Å². The van der Waals surface area contributed by atoms with E-state index in [0.717, 1.165) is 31.1 Å². The number of fused-ring (bicyclic) bond motifs is 1. The highest BCUT2D eigenvalue weighted by atomic mass is 35.5. The Bertz CT molecular complexity index is 1040. The Kier molecular flexibility index (Phi) is 6.20. The molecule has 0 saturated heterocycles. The molecule has 1 heterocycles. The lowest BCUT2D eigenvalue weighted by Crippen LogP contribution is -2.34. The first-order chi connectivity index (χ1) is 14.6. The average molecular weight is 431 g/mol. The third-order valence-corrected chi connectivity index (χ3v) is 5.76. The minimum Gasteiger partial charge on any atom is -0.497 e. The van der Waals surface area contributed by atoms with Gasteiger partial charge in [0.25, 0.3) is 0 Å². The molecule has 4 rings (SSSR count). The van der Waals surface area contributed by atoms with Crippen LogP contribution in [0.15, 0.2) is 36.7 Å². The highest BCUT2D eigenvalue weighted by Gasteiger charge is 2.23. The number of benzene rings is 2. The van der Waals surface area contributed by atoms with Gasteiger partial charge in [-0.15, -0.1) is 0 Å². The number of anilines is 2. The molecule has 1 aliphatic carbocycles. The molecule has 2 N–H and O–H groups in total. The predicted octanol–water partition coefficient (Wildman–Crippen LogP) is 5.08. The zero-order chi connectivity index (χ0) is 21.1. The second kappa shape index (κ2) is 9.02. The summed E-state index contributed by atoms with van der Waals surface area (Å²) in [7, 11) is 3.61. The van der Waals surface area contributed by atoms with E-state index in [4.69, 9.17) is 21.1 Å². The maximum absolute atomic E-state index is 13.5. The second-order valence-corrected chi connectivity index (χ2v) is 7.78. The van der Waals surface area contributed by atoms with Gasteiger partial charge in [0, 0.05) is 23.9 Å². The molecule has 0 unspecified atom stereocenters. The fourth-order valence-corrected chi connectivity index (χ4v) is 3.97. The zero-order valence-corrected chi connectivity index (χ0v) is 17.7. The third kappa shape index (κ3) is 4.42. The molecule has 6 nitrogen and oxygen atoms in total. The van der Waals surface area contributed by atoms with E-state index in [1.807, 2.05) is 19.2 Å². The Morgan fingerprint density at radius 3 is 2.60 bits per heavy atom. The molecular formula is C22H24ClFN4O2. The zero-order valence-electron chi connectivity index (χ0n) is 16.9. The predicted molar refractivity (Wildman–Crippen MR) is 117 cm³/mol. The van der Waals surface area contributed by atoms with E-state index in [-0.39, 0.29) is 11.1 Å². The van der Waals surface area contributed by atoms with Crippen LogP contribution in [-0.4, -0.2) is 36.3 Å². The summed E-state index contributed by atoms with van der Waals surface area (Å²) in [4.78, 5) is 8.79. The van der Waals surface area contributed by atoms with Crippen molar-refractivity contribution < 1.29 is 13.9 Å². The highest BCUT2D eigenvalue weighted by molar-refractivity contribution is 6.31. The molecule has 1 saturated carbocycles. The fraction of sp³-hybridized carbons (Fsp3) is 0.364. The minimum atomic E-state index is -0.472. The molecule has 0 radical (unpaired) electrons. The van der Waals surface area contributed by atoms with Gasteiger partial charge in [-0.3, -0.25) is 0 Å². The summed E-state index contributed by atoms with van der Waals surface area (Å²) in [5.74, 6) is 1.41. The van der Waals surface area contributed by atoms with Crippen molar-refractivity contribution in [3.63, 3.8) is 0 Å². The van der Waals surface area contributed by atoms with Crippen LogP contribution < -0.4 is 20.1 Å². The van der Waals surface area contributed by atoms with E-state index in [2.05, 4.69) is 20.6 Å². The number of hydrogen-bond acceptors (Lipinski definition) is 6. The van der Waals surface area contributed by atoms with Crippen molar-refractivity contribution in [1.82, 2.24) is 15.3 Å². The fourth-order valence-electron chi connectivity index (χ4n) is 3.79. The number of methoxy groups -OCH3 is 1. The normalized spacial score (nSPS) is 18.9. The molecule has 1 aliphatic rings. The van der Waals surface area contributed by atoms with Crippen LogP contribution in [-0.2, 0) is 0 Å². The van der Waals surface area contributed by atoms with Crippen LogP contribution in [0, 0.1) is 5.82 Å². The largest absolute Gasteiger partial charge is 0.497 e. The van der Waals surface area contributed by atoms with Crippen molar-refractivity contribution in [2.24, 2.45) is 0 Å². The summed E-state index contributed by atoms with van der Waals surface area (Å²) in [6, 6.07) is 8.68. The molecule has 2 aromatic carbocycles. The summed E-state index contributed by atoms with van der Waals surface area (Å²) < 4.78 is 25.4. The topological polar surface area (TPSA) is 68.3 Å². The van der Waals surface area contributed by atoms with Crippen molar-refractivity contribution in [1.29, 1.82) is 0 Å². The first-order valence-corrected chi connectivity index (χ1v) is 10.3. The number of nitrogens with zero attached hydrogens (tertiary/aromatic N) is 2. The number of hydrogen-bond donors (Lipinski definition) is 2. The van der Waals surface area contributed by atoms with Gasteiger partial charge in [-0.2, -0.15) is 0 Å². The number of nitrogens with one attached hydrogen (secondary N) is 2. The van der Waals surface area contributed by atoms with Gasteiger partial charge in [0.05, 0.1) is 29.1 Å². The lowest BCUT2D eigenvalue weighted by Gasteiger charge is -2.29. The molecule has 30 heavy (non-hydrogen) atoms. The molecule has 0 spiro atoms. The Balaban J connectivity index is 1.69. The Labute approximate surface area is 179 Å². The molecule has 0 atom stereocenters. The van der Waals surface area contributed by atoms with Crippen LogP contribution in [0.1, 0.15) is 25.7 Å². The molecule has 158 valence electrons. The van der Waals surface area contributed by atoms with Crippen LogP contribution in [0.4, 0.5) is 15.9 Å². The van der Waals surface area contributed by atoms with Crippen LogP contribution in [0.5, 0.6) is 11.5 Å². The van der Waals surface area contributed by atoms with Crippen LogP contribution in [0.25, 0.3) is 10.9 Å². The van der Waals surface area contributed by atoms with Gasteiger partial charge in [-0.25, -0.2) is 14.4 Å². The lowest BCUT2D eigenvalue weighted by molar-refractivity contribution is 0.143. The van der Waals surface area contributed by atoms with Gasteiger partial charge < -0.3 is 20.1 Å². The van der Waals surface area contributed by atoms with Gasteiger partial charge in [0.1, 0.15) is 29.5 Å². The molecule has 0 amide bonds. The number of aromatic nitrogens is 2. The van der Waals surface area contributed by atoms with Gasteiger partial charge in [-0.05, 0) is 50.9 Å². The number of rotatable bonds is 6. The van der Waals surface area contributed by atoms with Crippen molar-refractivity contribution in [3.05, 3.63) is 47.5 Å². The maximum atomic E-state index is 13.5. The minimum absolute atomic E-state index is 0.0396. The van der Waals surface area contributed by atoms with Gasteiger partial charge >= 0.3 is 0 Å². The summed E-state index contributed by atoms with van der Waals surface area (Å²) in [5, 5.41) is 7.34. The SMILES string of the molecule is CN[C@H]1CC[C@H](Oc2cc(OC)cc3ncnc(Nc4ccc(F)c(Cl)c4)c23)CC1. The van der Waals surface area contributed by atoms with E-state index >= 15 is 0 Å². The molecule has 0 bridgehead atoms. The third-order valence-electron chi connectivity index (χ3n) is 5.47. The number of ether oxygens (including phenoxy) is 2. The molecule has 1 aromatic heterocycles. The van der Waals surface area contributed by atoms with Crippen LogP contribution in [0.3, 0.4) is 0 Å². The lowest BCUT2D eigenvalue weighted by atomic mass is 9.93. The number of halogens is 2. The van der Waals surface area contributed by atoms with Crippen molar-refractivity contribution in [2.75, 3.05) is 19.5 Å². The van der Waals surface area contributed by atoms with Crippen LogP contribution >= 0.6 is 11.6 Å². The van der Waals surface area contributed by atoms with Crippen molar-refractivity contribution in [3.8, 4) is 11.5 Å². The molecule has 3 aromatic rings. The first kappa shape index (κ1) is 20.6. The molecule has 8 heteroatoms. The Morgan fingerprint density at radius 2 is 1.90 bits per heavy atom. The Hall–Kier alpha value is -2.64. The van der Waals surface area contributed by atoms with Gasteiger partial charge in [-0.1, -0.05) is 11.6 Å². The summed E-state index contributed by atoms with van der Waals surface area (Å²) in [5.41, 5.74) is 1.32. The van der Waals surface area contributed by atoms with E-state index in [1.165, 1.54) is 18.5 Å². The van der Waals surface area contributed by atoms with E-state index < -0.39 is 5.82 Å². The van der Waals surface area contributed by atoms with E-state index in [9.17, 15) is 4.39 Å². The smallest absolute Gasteiger partial charge is 0.145 e. The van der Waals surface area contributed by atoms with E-state index in [0.29, 0.717) is 34.6 Å². The quantitative estimate of drug-likeness (QED) is 0.568. The average Bonchev–Trinajstić information content (AvgIpc) is 2.76. The van der Waals surface area contributed by atoms with Crippen LogP contribution in [0.2, 0.25) is 5.02 Å². The van der Waals surface area contributed by atoms with Crippen molar-refractivity contribution in [2.45, 2.75) is 37.8 Å².